The molecule has 0 aromatic heterocycles. The number of aliphatic carboxylic acids is 3. The van der Waals surface area contributed by atoms with Crippen LogP contribution in [0.15, 0.2) is 0 Å². The summed E-state index contributed by atoms with van der Waals surface area (Å²) in [5, 5.41) is 28.3. The lowest BCUT2D eigenvalue weighted by atomic mass is 10.4. The highest BCUT2D eigenvalue weighted by Crippen LogP contribution is 1.85. The SMILES string of the molecule is N[NH3+].N[NH3+].O=C([O-])CN(CC(=O)[O-])CC(=O)O. The van der Waals surface area contributed by atoms with Crippen LogP contribution in [0.1, 0.15) is 0 Å². The van der Waals surface area contributed by atoms with E-state index >= 15 is 0 Å². The fourth-order valence-corrected chi connectivity index (χ4v) is 0.724. The molecule has 0 radical (unpaired) electrons. The minimum atomic E-state index is -1.54. The first kappa shape index (κ1) is 20.6. The smallest absolute Gasteiger partial charge is 0.317 e. The zero-order valence-electron chi connectivity index (χ0n) is 9.13. The Bertz CT molecular complexity index is 197. The second kappa shape index (κ2) is 14.2. The molecule has 0 heterocycles. The van der Waals surface area contributed by atoms with Crippen molar-refractivity contribution >= 4 is 17.9 Å². The molecule has 11 heteroatoms. The van der Waals surface area contributed by atoms with E-state index in [0.717, 1.165) is 0 Å². The molecule has 0 amide bonds. The maximum absolute atomic E-state index is 10.1. The van der Waals surface area contributed by atoms with Crippen LogP contribution in [0, 0.1) is 0 Å². The third kappa shape index (κ3) is 20.3. The minimum absolute atomic E-state index is 0.674. The second-order valence-corrected chi connectivity index (χ2v) is 2.28. The standard InChI is InChI=1S/C6H9NO6.2H4N2/c8-4(9)1-7(2-5(10)11)3-6(12)13;2*1-2/h1-3H2,(H,8,9)(H,10,11)(H,12,13);2*1-2H2. The molecular weight excluding hydrogens is 238 g/mol. The summed E-state index contributed by atoms with van der Waals surface area (Å²) in [6.45, 7) is -2.18. The number of rotatable bonds is 6. The molecule has 11 N–H and O–H groups in total. The molecule has 0 saturated heterocycles. The summed E-state index contributed by atoms with van der Waals surface area (Å²) in [5.41, 5.74) is 0. The van der Waals surface area contributed by atoms with Crippen molar-refractivity contribution in [2.45, 2.75) is 0 Å². The van der Waals surface area contributed by atoms with Crippen molar-refractivity contribution in [2.75, 3.05) is 19.6 Å². The molecule has 0 aromatic carbocycles. The lowest BCUT2D eigenvalue weighted by molar-refractivity contribution is -0.379. The van der Waals surface area contributed by atoms with Gasteiger partial charge >= 0.3 is 5.97 Å². The number of carboxylic acid groups (broad SMARTS) is 3. The van der Waals surface area contributed by atoms with Crippen molar-refractivity contribution in [1.82, 2.24) is 4.90 Å². The lowest BCUT2D eigenvalue weighted by Gasteiger charge is -2.20. The van der Waals surface area contributed by atoms with Crippen LogP contribution in [0.5, 0.6) is 0 Å². The van der Waals surface area contributed by atoms with Crippen LogP contribution < -0.4 is 33.6 Å². The number of hydrogen-bond acceptors (Lipinski definition) is 8. The maximum Gasteiger partial charge on any atom is 0.317 e. The number of nitrogens with two attached hydrogens (primary N) is 2. The molecule has 0 aliphatic rings. The molecule has 0 unspecified atom stereocenters. The van der Waals surface area contributed by atoms with Gasteiger partial charge in [-0.15, -0.1) is 0 Å². The molecular formula is C6H17N5O6. The molecule has 0 bridgehead atoms. The molecule has 17 heavy (non-hydrogen) atoms. The summed E-state index contributed by atoms with van der Waals surface area (Å²) in [5.74, 6) is 9.60. The first-order valence-electron chi connectivity index (χ1n) is 4.07. The first-order chi connectivity index (χ1) is 7.91. The van der Waals surface area contributed by atoms with Crippen LogP contribution in [0.2, 0.25) is 0 Å². The average Bonchev–Trinajstić information content (AvgIpc) is 2.20. The number of carbonyl (C=O) groups excluding carboxylic acids is 2. The van der Waals surface area contributed by atoms with Gasteiger partial charge in [-0.05, 0) is 0 Å². The van der Waals surface area contributed by atoms with Gasteiger partial charge in [-0.1, -0.05) is 0 Å². The third-order valence-corrected chi connectivity index (χ3v) is 1.06. The van der Waals surface area contributed by atoms with Gasteiger partial charge in [0, 0.05) is 13.1 Å². The van der Waals surface area contributed by atoms with Crippen molar-refractivity contribution in [3.8, 4) is 0 Å². The van der Waals surface area contributed by atoms with Crippen LogP contribution >= 0.6 is 0 Å². The third-order valence-electron chi connectivity index (χ3n) is 1.06. The van der Waals surface area contributed by atoms with Crippen LogP contribution in [0.3, 0.4) is 0 Å². The minimum Gasteiger partial charge on any atom is -0.549 e. The molecule has 0 aliphatic heterocycles. The number of carboxylic acids is 3. The van der Waals surface area contributed by atoms with Crippen LogP contribution in [0.25, 0.3) is 0 Å². The molecule has 0 fully saturated rings. The van der Waals surface area contributed by atoms with Gasteiger partial charge < -0.3 is 24.9 Å². The van der Waals surface area contributed by atoms with Gasteiger partial charge in [0.1, 0.15) is 0 Å². The van der Waals surface area contributed by atoms with Gasteiger partial charge in [0.2, 0.25) is 0 Å². The summed E-state index contributed by atoms with van der Waals surface area (Å²) in [6, 6.07) is 0. The largest absolute Gasteiger partial charge is 0.549 e. The zero-order valence-corrected chi connectivity index (χ0v) is 9.13. The molecule has 0 aliphatic carbocycles. The first-order valence-corrected chi connectivity index (χ1v) is 4.07. The Hall–Kier alpha value is -1.79. The van der Waals surface area contributed by atoms with E-state index in [1.54, 1.807) is 0 Å². The van der Waals surface area contributed by atoms with Crippen molar-refractivity contribution < 1.29 is 41.4 Å². The van der Waals surface area contributed by atoms with Gasteiger partial charge in [-0.25, -0.2) is 0 Å². The second-order valence-electron chi connectivity index (χ2n) is 2.28. The van der Waals surface area contributed by atoms with Crippen LogP contribution in [-0.4, -0.2) is 47.5 Å². The highest BCUT2D eigenvalue weighted by Gasteiger charge is 2.09. The van der Waals surface area contributed by atoms with Crippen LogP contribution in [-0.2, 0) is 14.4 Å². The topological polar surface area (TPSA) is 228 Å². The van der Waals surface area contributed by atoms with Crippen molar-refractivity contribution in [3.05, 3.63) is 0 Å². The van der Waals surface area contributed by atoms with E-state index in [1.807, 2.05) is 0 Å². The lowest BCUT2D eigenvalue weighted by Crippen LogP contribution is -2.59. The maximum atomic E-state index is 10.1. The summed E-state index contributed by atoms with van der Waals surface area (Å²) in [7, 11) is 0. The van der Waals surface area contributed by atoms with E-state index in [4.69, 9.17) is 5.11 Å². The molecule has 0 rings (SSSR count). The Morgan fingerprint density at radius 3 is 1.41 bits per heavy atom. The Morgan fingerprint density at radius 1 is 0.941 bits per heavy atom. The quantitative estimate of drug-likeness (QED) is 0.223. The normalized spacial score (nSPS) is 8.29. The predicted octanol–water partition coefficient (Wildman–Crippen LogP) is -7.92. The molecule has 102 valence electrons. The number of carbonyl (C=O) groups is 3. The van der Waals surface area contributed by atoms with Gasteiger partial charge in [0.25, 0.3) is 0 Å². The number of nitrogens with zero attached hydrogens (tertiary/aromatic N) is 1. The summed E-state index contributed by atoms with van der Waals surface area (Å²) < 4.78 is 0. The Labute approximate surface area is 96.5 Å². The Balaban J connectivity index is -0.000000439. The molecule has 11 nitrogen and oxygen atoms in total. The van der Waals surface area contributed by atoms with Gasteiger partial charge in [-0.3, -0.25) is 21.4 Å². The zero-order chi connectivity index (χ0) is 14.4. The Morgan fingerprint density at radius 2 is 1.24 bits per heavy atom. The Kier molecular flexibility index (Phi) is 17.2. The fourth-order valence-electron chi connectivity index (χ4n) is 0.724. The highest BCUT2D eigenvalue weighted by atomic mass is 16.4. The highest BCUT2D eigenvalue weighted by molar-refractivity contribution is 5.74. The fraction of sp³-hybridized carbons (Fsp3) is 0.500. The number of hydrogen-bond donors (Lipinski definition) is 5. The summed E-state index contributed by atoms with van der Waals surface area (Å²) >= 11 is 0. The van der Waals surface area contributed by atoms with Crippen LogP contribution in [0.4, 0.5) is 0 Å². The van der Waals surface area contributed by atoms with Gasteiger partial charge in [-0.2, -0.15) is 11.7 Å². The summed E-state index contributed by atoms with van der Waals surface area (Å²) in [6.07, 6.45) is 0. The van der Waals surface area contributed by atoms with E-state index in [-0.39, 0.29) is 0 Å². The molecule has 0 spiro atoms. The van der Waals surface area contributed by atoms with Gasteiger partial charge in [0.05, 0.1) is 18.5 Å². The molecule has 0 aromatic rings. The van der Waals surface area contributed by atoms with Crippen molar-refractivity contribution in [1.29, 1.82) is 0 Å². The molecule has 0 atom stereocenters. The van der Waals surface area contributed by atoms with Crippen molar-refractivity contribution in [3.63, 3.8) is 0 Å². The van der Waals surface area contributed by atoms with E-state index < -0.39 is 37.5 Å². The summed E-state index contributed by atoms with van der Waals surface area (Å²) in [4.78, 5) is 30.8. The molecule has 0 saturated carbocycles. The number of quaternary nitrogens is 2. The predicted molar refractivity (Wildman–Crippen MR) is 48.2 cm³/mol. The monoisotopic (exact) mass is 255 g/mol. The van der Waals surface area contributed by atoms with E-state index in [9.17, 15) is 24.6 Å². The van der Waals surface area contributed by atoms with Gasteiger partial charge in [0.15, 0.2) is 0 Å². The van der Waals surface area contributed by atoms with E-state index in [1.165, 1.54) is 0 Å². The van der Waals surface area contributed by atoms with Crippen molar-refractivity contribution in [2.24, 2.45) is 11.7 Å². The average molecular weight is 255 g/mol. The van der Waals surface area contributed by atoms with E-state index in [0.29, 0.717) is 4.90 Å². The van der Waals surface area contributed by atoms with E-state index in [2.05, 4.69) is 23.4 Å².